The van der Waals surface area contributed by atoms with E-state index in [2.05, 4.69) is 12.0 Å². The Bertz CT molecular complexity index is 447. The van der Waals surface area contributed by atoms with E-state index in [-0.39, 0.29) is 5.91 Å². The second-order valence-corrected chi connectivity index (χ2v) is 5.39. The number of nitrogens with zero attached hydrogens (tertiary/aromatic N) is 3. The molecule has 1 aromatic heterocycles. The first-order valence-corrected chi connectivity index (χ1v) is 7.05. The van der Waals surface area contributed by atoms with Crippen LogP contribution in [0.4, 0.5) is 0 Å². The van der Waals surface area contributed by atoms with E-state index in [9.17, 15) is 4.79 Å². The minimum atomic E-state index is -0.0800. The zero-order valence-electron chi connectivity index (χ0n) is 11.4. The van der Waals surface area contributed by atoms with Gasteiger partial charge in [0.2, 0.25) is 0 Å². The number of hydrogen-bond acceptors (Lipinski definition) is 3. The number of likely N-dealkylation sites (tertiary alicyclic amines) is 1. The van der Waals surface area contributed by atoms with Gasteiger partial charge in [-0.15, -0.1) is 0 Å². The van der Waals surface area contributed by atoms with Crippen molar-refractivity contribution in [2.45, 2.75) is 19.8 Å². The Morgan fingerprint density at radius 2 is 2.42 bits per heavy atom. The minimum Gasteiger partial charge on any atom is -0.381 e. The predicted molar refractivity (Wildman–Crippen MR) is 73.3 cm³/mol. The lowest BCUT2D eigenvalue weighted by Crippen LogP contribution is -2.30. The quantitative estimate of drug-likeness (QED) is 0.777. The molecule has 106 valence electrons. The lowest BCUT2D eigenvalue weighted by Gasteiger charge is -2.15. The Kier molecular flexibility index (Phi) is 4.82. The molecule has 0 unspecified atom stereocenters. The minimum absolute atomic E-state index is 0.0800. The summed E-state index contributed by atoms with van der Waals surface area (Å²) < 4.78 is 7.11. The molecule has 2 rings (SSSR count). The average molecular weight is 286 g/mol. The van der Waals surface area contributed by atoms with Crippen molar-refractivity contribution in [1.82, 2.24) is 14.7 Å². The van der Waals surface area contributed by atoms with Crippen LogP contribution in [0.1, 0.15) is 30.3 Å². The molecule has 0 aliphatic carbocycles. The molecule has 0 bridgehead atoms. The van der Waals surface area contributed by atoms with E-state index >= 15 is 0 Å². The molecule has 19 heavy (non-hydrogen) atoms. The maximum Gasteiger partial charge on any atom is 0.275 e. The Morgan fingerprint density at radius 1 is 1.63 bits per heavy atom. The zero-order valence-corrected chi connectivity index (χ0v) is 12.2. The molecule has 2 heterocycles. The molecule has 0 radical (unpaired) electrons. The Labute approximate surface area is 118 Å². The summed E-state index contributed by atoms with van der Waals surface area (Å²) in [7, 11) is 1.76. The fourth-order valence-electron chi connectivity index (χ4n) is 2.30. The highest BCUT2D eigenvalue weighted by Gasteiger charge is 2.29. The van der Waals surface area contributed by atoms with E-state index < -0.39 is 0 Å². The lowest BCUT2D eigenvalue weighted by molar-refractivity contribution is 0.0748. The van der Waals surface area contributed by atoms with Crippen LogP contribution in [0.2, 0.25) is 5.02 Å². The summed E-state index contributed by atoms with van der Waals surface area (Å²) in [5.74, 6) is 0.349. The molecule has 1 aromatic rings. The van der Waals surface area contributed by atoms with Crippen LogP contribution in [0.5, 0.6) is 0 Å². The van der Waals surface area contributed by atoms with Crippen molar-refractivity contribution in [3.05, 3.63) is 16.9 Å². The number of aryl methyl sites for hydroxylation is 1. The Hall–Kier alpha value is -1.07. The van der Waals surface area contributed by atoms with Gasteiger partial charge >= 0.3 is 0 Å². The molecule has 0 aromatic carbocycles. The third-order valence-electron chi connectivity index (χ3n) is 3.26. The molecule has 1 saturated heterocycles. The van der Waals surface area contributed by atoms with Crippen LogP contribution in [-0.2, 0) is 11.8 Å². The molecule has 1 atom stereocenters. The van der Waals surface area contributed by atoms with Crippen LogP contribution in [-0.4, -0.2) is 46.9 Å². The van der Waals surface area contributed by atoms with E-state index in [1.165, 1.54) is 0 Å². The first-order chi connectivity index (χ1) is 9.11. The third kappa shape index (κ3) is 3.48. The average Bonchev–Trinajstić information content (AvgIpc) is 2.96. The number of rotatable bonds is 5. The van der Waals surface area contributed by atoms with Gasteiger partial charge in [-0.3, -0.25) is 9.48 Å². The highest BCUT2D eigenvalue weighted by atomic mass is 35.5. The second-order valence-electron chi connectivity index (χ2n) is 4.98. The van der Waals surface area contributed by atoms with Crippen molar-refractivity contribution in [1.29, 1.82) is 0 Å². The number of carbonyl (C=O) groups is 1. The van der Waals surface area contributed by atoms with Crippen molar-refractivity contribution in [2.24, 2.45) is 13.0 Å². The van der Waals surface area contributed by atoms with Gasteiger partial charge in [0.05, 0.1) is 11.6 Å². The van der Waals surface area contributed by atoms with Gasteiger partial charge in [-0.25, -0.2) is 0 Å². The van der Waals surface area contributed by atoms with Crippen LogP contribution in [0.25, 0.3) is 0 Å². The summed E-state index contributed by atoms with van der Waals surface area (Å²) in [6.07, 6.45) is 3.66. The normalized spacial score (nSPS) is 19.1. The summed E-state index contributed by atoms with van der Waals surface area (Å²) >= 11 is 6.00. The van der Waals surface area contributed by atoms with Crippen molar-refractivity contribution in [3.8, 4) is 0 Å². The Balaban J connectivity index is 1.90. The zero-order chi connectivity index (χ0) is 13.8. The molecule has 0 spiro atoms. The van der Waals surface area contributed by atoms with Gasteiger partial charge in [-0.2, -0.15) is 5.10 Å². The largest absolute Gasteiger partial charge is 0.381 e. The van der Waals surface area contributed by atoms with Crippen LogP contribution < -0.4 is 0 Å². The molecular weight excluding hydrogens is 266 g/mol. The van der Waals surface area contributed by atoms with E-state index in [0.29, 0.717) is 16.6 Å². The van der Waals surface area contributed by atoms with Gasteiger partial charge in [-0.1, -0.05) is 18.5 Å². The maximum atomic E-state index is 12.3. The molecule has 0 saturated carbocycles. The molecule has 0 N–H and O–H groups in total. The molecule has 5 nitrogen and oxygen atoms in total. The Morgan fingerprint density at radius 3 is 3.05 bits per heavy atom. The van der Waals surface area contributed by atoms with Crippen LogP contribution in [0.3, 0.4) is 0 Å². The van der Waals surface area contributed by atoms with Crippen molar-refractivity contribution < 1.29 is 9.53 Å². The summed E-state index contributed by atoms with van der Waals surface area (Å²) in [6.45, 7) is 5.10. The predicted octanol–water partition coefficient (Wildman–Crippen LogP) is 1.96. The van der Waals surface area contributed by atoms with Gasteiger partial charge in [0.15, 0.2) is 5.69 Å². The van der Waals surface area contributed by atoms with E-state index in [0.717, 1.165) is 39.1 Å². The maximum absolute atomic E-state index is 12.3. The fourth-order valence-corrected chi connectivity index (χ4v) is 2.56. The molecule has 6 heteroatoms. The van der Waals surface area contributed by atoms with E-state index in [1.807, 2.05) is 4.90 Å². The van der Waals surface area contributed by atoms with Crippen molar-refractivity contribution in [3.63, 3.8) is 0 Å². The first-order valence-electron chi connectivity index (χ1n) is 6.68. The molecule has 1 amide bonds. The number of amides is 1. The van der Waals surface area contributed by atoms with Gasteiger partial charge in [0, 0.05) is 38.9 Å². The van der Waals surface area contributed by atoms with Gasteiger partial charge in [0.25, 0.3) is 5.91 Å². The third-order valence-corrected chi connectivity index (χ3v) is 3.54. The number of hydrogen-bond donors (Lipinski definition) is 0. The summed E-state index contributed by atoms with van der Waals surface area (Å²) in [6, 6.07) is 0. The monoisotopic (exact) mass is 285 g/mol. The molecule has 1 fully saturated rings. The number of carbonyl (C=O) groups excluding carboxylic acids is 1. The van der Waals surface area contributed by atoms with E-state index in [4.69, 9.17) is 16.3 Å². The highest BCUT2D eigenvalue weighted by Crippen LogP contribution is 2.21. The van der Waals surface area contributed by atoms with Gasteiger partial charge in [0.1, 0.15) is 0 Å². The summed E-state index contributed by atoms with van der Waals surface area (Å²) in [5, 5.41) is 4.53. The SMILES string of the molecule is CCCOC[C@H]1CCN(C(=O)c2nn(C)cc2Cl)C1. The number of ether oxygens (including phenoxy) is 1. The van der Waals surface area contributed by atoms with Crippen LogP contribution >= 0.6 is 11.6 Å². The number of aromatic nitrogens is 2. The summed E-state index contributed by atoms with van der Waals surface area (Å²) in [5.41, 5.74) is 0.347. The van der Waals surface area contributed by atoms with Crippen LogP contribution in [0.15, 0.2) is 6.20 Å². The highest BCUT2D eigenvalue weighted by molar-refractivity contribution is 6.33. The number of halogens is 1. The first kappa shape index (κ1) is 14.3. The molecule has 1 aliphatic rings. The fraction of sp³-hybridized carbons (Fsp3) is 0.692. The smallest absolute Gasteiger partial charge is 0.275 e. The standard InChI is InChI=1S/C13H20ClN3O2/c1-3-6-19-9-10-4-5-17(7-10)13(18)12-11(14)8-16(2)15-12/h8,10H,3-7,9H2,1-2H3/t10-/m0/s1. The molecular formula is C13H20ClN3O2. The van der Waals surface area contributed by atoms with Crippen LogP contribution in [0, 0.1) is 5.92 Å². The molecule has 1 aliphatic heterocycles. The van der Waals surface area contributed by atoms with Crippen molar-refractivity contribution in [2.75, 3.05) is 26.3 Å². The van der Waals surface area contributed by atoms with E-state index in [1.54, 1.807) is 17.9 Å². The topological polar surface area (TPSA) is 47.4 Å². The van der Waals surface area contributed by atoms with Gasteiger partial charge < -0.3 is 9.64 Å². The van der Waals surface area contributed by atoms with Gasteiger partial charge in [-0.05, 0) is 12.8 Å². The second kappa shape index (κ2) is 6.39. The van der Waals surface area contributed by atoms with Crippen molar-refractivity contribution >= 4 is 17.5 Å². The summed E-state index contributed by atoms with van der Waals surface area (Å²) in [4.78, 5) is 14.1. The lowest BCUT2D eigenvalue weighted by atomic mass is 10.1.